The summed E-state index contributed by atoms with van der Waals surface area (Å²) in [5.74, 6) is 1.72. The third kappa shape index (κ3) is 3.90. The third-order valence-corrected chi connectivity index (χ3v) is 6.12. The van der Waals surface area contributed by atoms with Crippen molar-refractivity contribution in [3.63, 3.8) is 0 Å². The van der Waals surface area contributed by atoms with E-state index in [1.807, 2.05) is 12.1 Å². The Morgan fingerprint density at radius 1 is 1.00 bits per heavy atom. The quantitative estimate of drug-likeness (QED) is 0.543. The molecule has 9 nitrogen and oxygen atoms in total. The van der Waals surface area contributed by atoms with Crippen molar-refractivity contribution in [2.45, 2.75) is 44.1 Å². The number of carbonyl (C=O) groups is 2. The first-order valence-corrected chi connectivity index (χ1v) is 10.2. The summed E-state index contributed by atoms with van der Waals surface area (Å²) in [5.41, 5.74) is 1.83. The Morgan fingerprint density at radius 3 is 2.79 bits per heavy atom. The Bertz CT molecular complexity index is 922. The summed E-state index contributed by atoms with van der Waals surface area (Å²) in [7, 11) is 0. The highest BCUT2D eigenvalue weighted by Crippen LogP contribution is 2.37. The number of rotatable bonds is 0. The lowest BCUT2D eigenvalue weighted by Gasteiger charge is -2.34. The van der Waals surface area contributed by atoms with Crippen LogP contribution in [0.4, 0.5) is 22.1 Å². The van der Waals surface area contributed by atoms with Gasteiger partial charge < -0.3 is 20.7 Å². The van der Waals surface area contributed by atoms with E-state index in [4.69, 9.17) is 4.74 Å². The molecule has 2 amide bonds. The van der Waals surface area contributed by atoms with Crippen molar-refractivity contribution in [1.29, 1.82) is 0 Å². The Morgan fingerprint density at radius 2 is 1.90 bits per heavy atom. The molecule has 152 valence electrons. The lowest BCUT2D eigenvalue weighted by molar-refractivity contribution is -0.123. The molecular weight excluding hydrogens is 372 g/mol. The molecule has 4 heterocycles. The van der Waals surface area contributed by atoms with Gasteiger partial charge in [-0.05, 0) is 44.1 Å². The summed E-state index contributed by atoms with van der Waals surface area (Å²) in [6.45, 7) is 0.542. The highest BCUT2D eigenvalue weighted by atomic mass is 16.6. The van der Waals surface area contributed by atoms with Crippen molar-refractivity contribution in [2.75, 3.05) is 17.2 Å². The second kappa shape index (κ2) is 7.38. The van der Waals surface area contributed by atoms with Crippen LogP contribution in [0, 0.1) is 11.8 Å². The predicted octanol–water partition coefficient (Wildman–Crippen LogP) is 2.89. The number of nitrogens with one attached hydrogen (secondary N) is 4. The van der Waals surface area contributed by atoms with E-state index in [0.29, 0.717) is 24.1 Å². The van der Waals surface area contributed by atoms with Crippen LogP contribution in [0.1, 0.15) is 43.7 Å². The van der Waals surface area contributed by atoms with Gasteiger partial charge in [-0.25, -0.2) is 9.78 Å². The summed E-state index contributed by atoms with van der Waals surface area (Å²) >= 11 is 0. The smallest absolute Gasteiger partial charge is 0.407 e. The molecule has 4 N–H and O–H groups in total. The number of anilines is 3. The van der Waals surface area contributed by atoms with E-state index in [2.05, 4.69) is 31.1 Å². The van der Waals surface area contributed by atoms with Gasteiger partial charge in [-0.3, -0.25) is 9.89 Å². The minimum atomic E-state index is -0.367. The van der Waals surface area contributed by atoms with Crippen LogP contribution < -0.4 is 16.0 Å². The maximum Gasteiger partial charge on any atom is 0.407 e. The molecule has 2 aromatic rings. The van der Waals surface area contributed by atoms with Crippen molar-refractivity contribution < 1.29 is 14.3 Å². The van der Waals surface area contributed by atoms with E-state index in [1.54, 1.807) is 12.3 Å². The van der Waals surface area contributed by atoms with Crippen LogP contribution in [-0.4, -0.2) is 39.8 Å². The molecule has 9 heteroatoms. The van der Waals surface area contributed by atoms with Gasteiger partial charge in [0.15, 0.2) is 5.82 Å². The summed E-state index contributed by atoms with van der Waals surface area (Å²) in [6, 6.07) is 5.62. The van der Waals surface area contributed by atoms with Crippen LogP contribution in [-0.2, 0) is 9.53 Å². The van der Waals surface area contributed by atoms with Crippen LogP contribution in [0.3, 0.4) is 0 Å². The molecule has 2 aliphatic carbocycles. The molecule has 0 unspecified atom stereocenters. The number of aromatic amines is 1. The van der Waals surface area contributed by atoms with E-state index < -0.39 is 0 Å². The van der Waals surface area contributed by atoms with Gasteiger partial charge in [-0.2, -0.15) is 5.10 Å². The third-order valence-electron chi connectivity index (χ3n) is 6.12. The number of pyridine rings is 1. The van der Waals surface area contributed by atoms with E-state index in [0.717, 1.165) is 43.5 Å². The van der Waals surface area contributed by atoms with E-state index in [9.17, 15) is 9.59 Å². The Hall–Kier alpha value is -3.10. The summed E-state index contributed by atoms with van der Waals surface area (Å²) in [6.07, 6.45) is 5.31. The molecule has 2 saturated carbocycles. The fourth-order valence-electron chi connectivity index (χ4n) is 4.43. The number of amides is 2. The molecule has 8 bridgehead atoms. The molecule has 2 aliphatic heterocycles. The zero-order chi connectivity index (χ0) is 19.8. The molecule has 4 aliphatic rings. The number of alkyl carbamates (subject to hydrolysis) is 1. The largest absolute Gasteiger partial charge is 0.446 e. The zero-order valence-electron chi connectivity index (χ0n) is 16.0. The number of carbonyl (C=O) groups excluding carboxylic acids is 2. The second-order valence-electron chi connectivity index (χ2n) is 8.21. The van der Waals surface area contributed by atoms with Crippen LogP contribution in [0.15, 0.2) is 24.4 Å². The molecule has 0 spiro atoms. The Balaban J connectivity index is 1.36. The lowest BCUT2D eigenvalue weighted by Crippen LogP contribution is -2.41. The van der Waals surface area contributed by atoms with Gasteiger partial charge in [0.2, 0.25) is 5.91 Å². The second-order valence-corrected chi connectivity index (χ2v) is 8.21. The molecular formula is C20H24N6O3. The number of nitrogens with zero attached hydrogens (tertiary/aromatic N) is 2. The molecule has 29 heavy (non-hydrogen) atoms. The van der Waals surface area contributed by atoms with Crippen molar-refractivity contribution >= 4 is 29.3 Å². The van der Waals surface area contributed by atoms with E-state index in [1.165, 1.54) is 0 Å². The standard InChI is InChI=1S/C20H24N6O3/c27-19-13-5-11(6-13)10-22-20(28)29-15-2-1-12(7-15)16-9-18(26-25-16)23-14-3-4-21-17(8-14)24-19/h3-4,8-9,11-13,15H,1-2,5-7,10H2,(H,22,28)(H,21,24,27)(H2,23,25,26)/t11?,12-,13?,15+/m0/s1. The molecule has 2 atom stereocenters. The molecule has 0 saturated heterocycles. The number of H-pyrrole nitrogens is 1. The molecule has 6 rings (SSSR count). The van der Waals surface area contributed by atoms with Gasteiger partial charge in [0.25, 0.3) is 0 Å². The number of fused-ring (bicyclic) bond motifs is 4. The average molecular weight is 396 g/mol. The van der Waals surface area contributed by atoms with E-state index in [-0.39, 0.29) is 29.9 Å². The highest BCUT2D eigenvalue weighted by molar-refractivity contribution is 5.92. The van der Waals surface area contributed by atoms with Gasteiger partial charge in [-0.15, -0.1) is 0 Å². The molecule has 0 aromatic carbocycles. The Labute approximate surface area is 168 Å². The maximum absolute atomic E-state index is 12.4. The normalized spacial score (nSPS) is 29.1. The van der Waals surface area contributed by atoms with Crippen molar-refractivity contribution in [3.8, 4) is 0 Å². The zero-order valence-corrected chi connectivity index (χ0v) is 16.0. The number of hydrogen-bond donors (Lipinski definition) is 4. The van der Waals surface area contributed by atoms with Crippen LogP contribution >= 0.6 is 0 Å². The lowest BCUT2D eigenvalue weighted by atomic mass is 9.74. The summed E-state index contributed by atoms with van der Waals surface area (Å²) in [5, 5.41) is 16.4. The van der Waals surface area contributed by atoms with Gasteiger partial charge in [0.05, 0.1) is 0 Å². The van der Waals surface area contributed by atoms with Gasteiger partial charge in [0, 0.05) is 48.1 Å². The van der Waals surface area contributed by atoms with Crippen molar-refractivity contribution in [2.24, 2.45) is 11.8 Å². The van der Waals surface area contributed by atoms with Crippen LogP contribution in [0.25, 0.3) is 0 Å². The number of aromatic nitrogens is 3. The van der Waals surface area contributed by atoms with Gasteiger partial charge in [0.1, 0.15) is 11.9 Å². The fraction of sp³-hybridized carbons (Fsp3) is 0.500. The first kappa shape index (κ1) is 18.0. The summed E-state index contributed by atoms with van der Waals surface area (Å²) < 4.78 is 5.59. The average Bonchev–Trinajstić information content (AvgIpc) is 3.29. The SMILES string of the molecule is O=C1NCC2CC(C2)C(=O)Nc2cc(ccn2)Nc2cc([nH]n2)[C@H]2CC[C@H](C2)O1. The van der Waals surface area contributed by atoms with Crippen molar-refractivity contribution in [1.82, 2.24) is 20.5 Å². The van der Waals surface area contributed by atoms with Crippen LogP contribution in [0.5, 0.6) is 0 Å². The molecule has 2 aromatic heterocycles. The van der Waals surface area contributed by atoms with E-state index >= 15 is 0 Å². The minimum Gasteiger partial charge on any atom is -0.446 e. The summed E-state index contributed by atoms with van der Waals surface area (Å²) in [4.78, 5) is 28.8. The number of ether oxygens (including phenoxy) is 1. The number of hydrogen-bond acceptors (Lipinski definition) is 6. The minimum absolute atomic E-state index is 0.0363. The van der Waals surface area contributed by atoms with Gasteiger partial charge >= 0.3 is 6.09 Å². The maximum atomic E-state index is 12.4. The van der Waals surface area contributed by atoms with Gasteiger partial charge in [-0.1, -0.05) is 0 Å². The topological polar surface area (TPSA) is 121 Å². The predicted molar refractivity (Wildman–Crippen MR) is 106 cm³/mol. The first-order valence-electron chi connectivity index (χ1n) is 10.2. The Kier molecular flexibility index (Phi) is 4.57. The van der Waals surface area contributed by atoms with Crippen LogP contribution in [0.2, 0.25) is 0 Å². The van der Waals surface area contributed by atoms with Crippen molar-refractivity contribution in [3.05, 3.63) is 30.1 Å². The molecule has 2 fully saturated rings. The first-order chi connectivity index (χ1) is 14.1. The molecule has 0 radical (unpaired) electrons. The highest BCUT2D eigenvalue weighted by Gasteiger charge is 2.35. The monoisotopic (exact) mass is 396 g/mol. The fourth-order valence-corrected chi connectivity index (χ4v) is 4.43.